The number of rotatable bonds is 9. The molecule has 0 spiro atoms. The Morgan fingerprint density at radius 1 is 1.21 bits per heavy atom. The average Bonchev–Trinajstić information content (AvgIpc) is 3.42. The van der Waals surface area contributed by atoms with Gasteiger partial charge in [0.05, 0.1) is 44.9 Å². The van der Waals surface area contributed by atoms with Crippen molar-refractivity contribution in [2.75, 3.05) is 54.2 Å². The molecule has 29 heavy (non-hydrogen) atoms. The van der Waals surface area contributed by atoms with E-state index in [9.17, 15) is 0 Å². The quantitative estimate of drug-likeness (QED) is 0.393. The Kier molecular flexibility index (Phi) is 7.89. The van der Waals surface area contributed by atoms with E-state index in [2.05, 4.69) is 20.3 Å². The molecule has 3 rings (SSSR count). The summed E-state index contributed by atoms with van der Waals surface area (Å²) in [6.07, 6.45) is 3.07. The molecule has 1 fully saturated rings. The maximum atomic E-state index is 5.68. The van der Waals surface area contributed by atoms with Gasteiger partial charge in [-0.1, -0.05) is 0 Å². The van der Waals surface area contributed by atoms with Gasteiger partial charge in [-0.05, 0) is 36.8 Å². The lowest BCUT2D eigenvalue weighted by Crippen LogP contribution is -2.40. The molecule has 0 aliphatic carbocycles. The first kappa shape index (κ1) is 21.1. The smallest absolute Gasteiger partial charge is 0.193 e. The Hall–Kier alpha value is -2.58. The molecule has 8 heteroatoms. The number of aliphatic imine (C=N–C) groups is 1. The second-order valence-electron chi connectivity index (χ2n) is 7.02. The predicted octanol–water partition coefficient (Wildman–Crippen LogP) is 1.94. The second-order valence-corrected chi connectivity index (χ2v) is 7.02. The van der Waals surface area contributed by atoms with Gasteiger partial charge in [-0.2, -0.15) is 5.10 Å². The van der Waals surface area contributed by atoms with E-state index < -0.39 is 0 Å². The molecule has 0 amide bonds. The molecule has 1 aromatic carbocycles. The fraction of sp³-hybridized carbons (Fsp3) is 0.524. The van der Waals surface area contributed by atoms with Gasteiger partial charge < -0.3 is 24.4 Å². The van der Waals surface area contributed by atoms with Crippen LogP contribution in [0.3, 0.4) is 0 Å². The molecule has 8 nitrogen and oxygen atoms in total. The van der Waals surface area contributed by atoms with Gasteiger partial charge in [0.15, 0.2) is 5.96 Å². The summed E-state index contributed by atoms with van der Waals surface area (Å²) in [6.45, 7) is 4.62. The standard InChI is InChI=1S/C21H31N5O3/c1-22-21(25-10-8-17(15-25)16-29-13-12-27-2)23-14-18-9-11-26(24-18)19-4-6-20(28-3)7-5-19/h4-7,9,11,17H,8,10,12-16H2,1-3H3,(H,22,23). The van der Waals surface area contributed by atoms with Gasteiger partial charge in [-0.3, -0.25) is 4.99 Å². The van der Waals surface area contributed by atoms with Crippen molar-refractivity contribution in [2.45, 2.75) is 13.0 Å². The van der Waals surface area contributed by atoms with Crippen molar-refractivity contribution in [3.63, 3.8) is 0 Å². The number of hydrogen-bond acceptors (Lipinski definition) is 5. The van der Waals surface area contributed by atoms with Crippen LogP contribution in [-0.4, -0.2) is 74.8 Å². The zero-order valence-corrected chi connectivity index (χ0v) is 17.5. The monoisotopic (exact) mass is 401 g/mol. The molecule has 1 aliphatic heterocycles. The van der Waals surface area contributed by atoms with Crippen LogP contribution >= 0.6 is 0 Å². The van der Waals surface area contributed by atoms with Gasteiger partial charge in [-0.15, -0.1) is 0 Å². The second kappa shape index (κ2) is 10.8. The van der Waals surface area contributed by atoms with Gasteiger partial charge >= 0.3 is 0 Å². The summed E-state index contributed by atoms with van der Waals surface area (Å²) < 4.78 is 17.8. The fourth-order valence-electron chi connectivity index (χ4n) is 3.39. The number of benzene rings is 1. The summed E-state index contributed by atoms with van der Waals surface area (Å²) in [4.78, 5) is 6.72. The number of nitrogens with one attached hydrogen (secondary N) is 1. The van der Waals surface area contributed by atoms with Crippen LogP contribution in [-0.2, 0) is 16.0 Å². The number of likely N-dealkylation sites (tertiary alicyclic amines) is 1. The average molecular weight is 402 g/mol. The summed E-state index contributed by atoms with van der Waals surface area (Å²) in [7, 11) is 5.17. The third-order valence-electron chi connectivity index (χ3n) is 4.99. The van der Waals surface area contributed by atoms with E-state index in [0.29, 0.717) is 25.7 Å². The van der Waals surface area contributed by atoms with Crippen molar-refractivity contribution in [1.82, 2.24) is 20.0 Å². The lowest BCUT2D eigenvalue weighted by molar-refractivity contribution is 0.0536. The molecule has 0 radical (unpaired) electrons. The van der Waals surface area contributed by atoms with Crippen LogP contribution in [0.4, 0.5) is 0 Å². The fourth-order valence-corrected chi connectivity index (χ4v) is 3.39. The van der Waals surface area contributed by atoms with E-state index in [4.69, 9.17) is 14.2 Å². The minimum atomic E-state index is 0.527. The van der Waals surface area contributed by atoms with Crippen LogP contribution in [0.15, 0.2) is 41.5 Å². The van der Waals surface area contributed by atoms with E-state index in [1.807, 2.05) is 48.3 Å². The third-order valence-corrected chi connectivity index (χ3v) is 4.99. The van der Waals surface area contributed by atoms with Gasteiger partial charge in [-0.25, -0.2) is 4.68 Å². The third kappa shape index (κ3) is 5.95. The van der Waals surface area contributed by atoms with Crippen LogP contribution in [0, 0.1) is 5.92 Å². The number of guanidine groups is 1. The highest BCUT2D eigenvalue weighted by atomic mass is 16.5. The highest BCUT2D eigenvalue weighted by molar-refractivity contribution is 5.80. The topological polar surface area (TPSA) is 73.1 Å². The first-order valence-electron chi connectivity index (χ1n) is 9.94. The molecule has 1 saturated heterocycles. The predicted molar refractivity (Wildman–Crippen MR) is 113 cm³/mol. The van der Waals surface area contributed by atoms with Crippen molar-refractivity contribution >= 4 is 5.96 Å². The molecule has 1 aromatic heterocycles. The maximum absolute atomic E-state index is 5.68. The highest BCUT2D eigenvalue weighted by Gasteiger charge is 2.25. The van der Waals surface area contributed by atoms with Gasteiger partial charge in [0.2, 0.25) is 0 Å². The number of aromatic nitrogens is 2. The van der Waals surface area contributed by atoms with Crippen molar-refractivity contribution in [3.05, 3.63) is 42.2 Å². The van der Waals surface area contributed by atoms with Crippen LogP contribution in [0.25, 0.3) is 5.69 Å². The van der Waals surface area contributed by atoms with E-state index in [1.54, 1.807) is 14.2 Å². The van der Waals surface area contributed by atoms with Crippen LogP contribution < -0.4 is 10.1 Å². The molecule has 0 saturated carbocycles. The van der Waals surface area contributed by atoms with Crippen molar-refractivity contribution in [1.29, 1.82) is 0 Å². The summed E-state index contributed by atoms with van der Waals surface area (Å²) >= 11 is 0. The van der Waals surface area contributed by atoms with Crippen molar-refractivity contribution in [2.24, 2.45) is 10.9 Å². The van der Waals surface area contributed by atoms with E-state index >= 15 is 0 Å². The molecular formula is C21H31N5O3. The Morgan fingerprint density at radius 2 is 2.03 bits per heavy atom. The summed E-state index contributed by atoms with van der Waals surface area (Å²) in [5.74, 6) is 2.27. The van der Waals surface area contributed by atoms with Gasteiger partial charge in [0.1, 0.15) is 5.75 Å². The summed E-state index contributed by atoms with van der Waals surface area (Å²) in [5.41, 5.74) is 1.96. The lowest BCUT2D eigenvalue weighted by atomic mass is 10.1. The Labute approximate surface area is 172 Å². The molecule has 1 unspecified atom stereocenters. The summed E-state index contributed by atoms with van der Waals surface area (Å²) in [6, 6.07) is 9.85. The van der Waals surface area contributed by atoms with Gasteiger partial charge in [0.25, 0.3) is 0 Å². The molecule has 0 bridgehead atoms. The molecule has 158 valence electrons. The number of nitrogens with zero attached hydrogens (tertiary/aromatic N) is 4. The Balaban J connectivity index is 1.48. The molecule has 2 heterocycles. The van der Waals surface area contributed by atoms with Crippen LogP contribution in [0.5, 0.6) is 5.75 Å². The molecule has 2 aromatic rings. The zero-order valence-electron chi connectivity index (χ0n) is 17.5. The maximum Gasteiger partial charge on any atom is 0.193 e. The highest BCUT2D eigenvalue weighted by Crippen LogP contribution is 2.17. The summed E-state index contributed by atoms with van der Waals surface area (Å²) in [5, 5.41) is 8.08. The van der Waals surface area contributed by atoms with Crippen molar-refractivity contribution in [3.8, 4) is 11.4 Å². The van der Waals surface area contributed by atoms with E-state index in [0.717, 1.165) is 49.2 Å². The van der Waals surface area contributed by atoms with Gasteiger partial charge in [0, 0.05) is 39.4 Å². The number of methoxy groups -OCH3 is 2. The Morgan fingerprint density at radius 3 is 2.76 bits per heavy atom. The normalized spacial score (nSPS) is 17.0. The first-order valence-corrected chi connectivity index (χ1v) is 9.94. The van der Waals surface area contributed by atoms with Crippen molar-refractivity contribution < 1.29 is 14.2 Å². The first-order chi connectivity index (χ1) is 14.2. The molecule has 1 aliphatic rings. The minimum Gasteiger partial charge on any atom is -0.497 e. The number of ether oxygens (including phenoxy) is 3. The minimum absolute atomic E-state index is 0.527. The van der Waals surface area contributed by atoms with Crippen LogP contribution in [0.2, 0.25) is 0 Å². The molecular weight excluding hydrogens is 370 g/mol. The Bertz CT molecular complexity index is 775. The molecule has 1 N–H and O–H groups in total. The van der Waals surface area contributed by atoms with E-state index in [1.165, 1.54) is 0 Å². The van der Waals surface area contributed by atoms with Crippen LogP contribution in [0.1, 0.15) is 12.1 Å². The molecule has 1 atom stereocenters. The zero-order chi connectivity index (χ0) is 20.5. The largest absolute Gasteiger partial charge is 0.497 e. The van der Waals surface area contributed by atoms with E-state index in [-0.39, 0.29) is 0 Å². The lowest BCUT2D eigenvalue weighted by Gasteiger charge is -2.21. The SMILES string of the molecule is CN=C(NCc1ccn(-c2ccc(OC)cc2)n1)N1CCC(COCCOC)C1. The number of hydrogen-bond donors (Lipinski definition) is 1.